The maximum absolute atomic E-state index is 10.6. The van der Waals surface area contributed by atoms with E-state index in [1.807, 2.05) is 12.1 Å². The molecule has 0 aromatic heterocycles. The highest BCUT2D eigenvalue weighted by molar-refractivity contribution is 5.85. The van der Waals surface area contributed by atoms with Crippen molar-refractivity contribution < 1.29 is 9.90 Å². The molecule has 0 heterocycles. The third-order valence-electron chi connectivity index (χ3n) is 6.08. The van der Waals surface area contributed by atoms with Crippen LogP contribution < -0.4 is 0 Å². The molecular weight excluding hydrogens is 298 g/mol. The van der Waals surface area contributed by atoms with Crippen molar-refractivity contribution >= 4 is 12.0 Å². The van der Waals surface area contributed by atoms with Gasteiger partial charge < -0.3 is 10.0 Å². The summed E-state index contributed by atoms with van der Waals surface area (Å²) in [4.78, 5) is 13.0. The van der Waals surface area contributed by atoms with E-state index in [-0.39, 0.29) is 0 Å². The number of hydrogen-bond acceptors (Lipinski definition) is 2. The van der Waals surface area contributed by atoms with Gasteiger partial charge in [-0.2, -0.15) is 0 Å². The molecule has 24 heavy (non-hydrogen) atoms. The minimum absolute atomic E-state index is 0.491. The van der Waals surface area contributed by atoms with Crippen LogP contribution in [0.2, 0.25) is 0 Å². The lowest BCUT2D eigenvalue weighted by Gasteiger charge is -2.61. The minimum Gasteiger partial charge on any atom is -0.478 e. The van der Waals surface area contributed by atoms with Crippen LogP contribution in [0.1, 0.15) is 36.8 Å². The van der Waals surface area contributed by atoms with Crippen LogP contribution in [-0.2, 0) is 11.3 Å². The maximum Gasteiger partial charge on any atom is 0.328 e. The van der Waals surface area contributed by atoms with Crippen LogP contribution in [0.4, 0.5) is 0 Å². The second-order valence-electron chi connectivity index (χ2n) is 7.97. The van der Waals surface area contributed by atoms with Crippen molar-refractivity contribution in [3.8, 4) is 0 Å². The summed E-state index contributed by atoms with van der Waals surface area (Å²) in [5.41, 5.74) is 4.47. The lowest BCUT2D eigenvalue weighted by Crippen LogP contribution is -2.54. The predicted octanol–water partition coefficient (Wildman–Crippen LogP) is 3.96. The SMILES string of the molecule is CN(Cc1ccc(/C=C/C(=O)O)cc1)CC12CC3CC=C1C(C3)C2. The molecule has 1 aromatic rings. The zero-order valence-electron chi connectivity index (χ0n) is 14.2. The molecule has 2 saturated carbocycles. The van der Waals surface area contributed by atoms with Crippen molar-refractivity contribution in [3.05, 3.63) is 53.1 Å². The number of hydrogen-bond donors (Lipinski definition) is 1. The molecule has 5 rings (SSSR count). The molecule has 1 aromatic carbocycles. The van der Waals surface area contributed by atoms with Gasteiger partial charge in [0.15, 0.2) is 0 Å². The van der Waals surface area contributed by atoms with Gasteiger partial charge in [-0.15, -0.1) is 0 Å². The molecule has 2 fully saturated rings. The molecule has 0 aliphatic heterocycles. The van der Waals surface area contributed by atoms with Crippen molar-refractivity contribution in [1.29, 1.82) is 0 Å². The molecule has 0 amide bonds. The first-order chi connectivity index (χ1) is 11.5. The number of carboxylic acid groups (broad SMARTS) is 1. The lowest BCUT2D eigenvalue weighted by molar-refractivity contribution is -0.131. The number of benzene rings is 1. The number of nitrogens with zero attached hydrogens (tertiary/aromatic N) is 1. The van der Waals surface area contributed by atoms with Crippen LogP contribution in [0.15, 0.2) is 42.0 Å². The zero-order valence-corrected chi connectivity index (χ0v) is 14.2. The molecular formula is C21H25NO2. The summed E-state index contributed by atoms with van der Waals surface area (Å²) < 4.78 is 0. The first-order valence-corrected chi connectivity index (χ1v) is 8.93. The Morgan fingerprint density at radius 3 is 2.75 bits per heavy atom. The average molecular weight is 323 g/mol. The molecule has 3 nitrogen and oxygen atoms in total. The summed E-state index contributed by atoms with van der Waals surface area (Å²) in [5.74, 6) is 0.939. The molecule has 4 aliphatic rings. The van der Waals surface area contributed by atoms with Gasteiger partial charge in [-0.25, -0.2) is 4.79 Å². The first-order valence-electron chi connectivity index (χ1n) is 8.93. The van der Waals surface area contributed by atoms with E-state index >= 15 is 0 Å². The second kappa shape index (κ2) is 5.89. The molecule has 3 unspecified atom stereocenters. The highest BCUT2D eigenvalue weighted by atomic mass is 16.4. The second-order valence-corrected chi connectivity index (χ2v) is 7.97. The molecule has 0 saturated heterocycles. The van der Waals surface area contributed by atoms with E-state index in [4.69, 9.17) is 5.11 Å². The topological polar surface area (TPSA) is 40.5 Å². The lowest BCUT2D eigenvalue weighted by atomic mass is 9.45. The van der Waals surface area contributed by atoms with Gasteiger partial charge in [-0.3, -0.25) is 0 Å². The van der Waals surface area contributed by atoms with Gasteiger partial charge in [0, 0.05) is 24.6 Å². The van der Waals surface area contributed by atoms with Crippen LogP contribution >= 0.6 is 0 Å². The third kappa shape index (κ3) is 2.82. The van der Waals surface area contributed by atoms with Crippen molar-refractivity contribution in [2.45, 2.75) is 32.2 Å². The fourth-order valence-corrected chi connectivity index (χ4v) is 5.31. The Labute approximate surface area is 143 Å². The van der Waals surface area contributed by atoms with Gasteiger partial charge in [0.05, 0.1) is 0 Å². The summed E-state index contributed by atoms with van der Waals surface area (Å²) in [6.07, 6.45) is 10.9. The smallest absolute Gasteiger partial charge is 0.328 e. The average Bonchev–Trinajstić information content (AvgIpc) is 2.53. The third-order valence-corrected chi connectivity index (χ3v) is 6.08. The van der Waals surface area contributed by atoms with Crippen molar-refractivity contribution in [1.82, 2.24) is 4.90 Å². The first kappa shape index (κ1) is 15.6. The van der Waals surface area contributed by atoms with E-state index in [1.54, 1.807) is 11.6 Å². The number of carboxylic acids is 1. The molecule has 126 valence electrons. The predicted molar refractivity (Wildman–Crippen MR) is 95.4 cm³/mol. The Kier molecular flexibility index (Phi) is 3.84. The van der Waals surface area contributed by atoms with Gasteiger partial charge in [-0.1, -0.05) is 35.9 Å². The van der Waals surface area contributed by atoms with Crippen LogP contribution in [0.5, 0.6) is 0 Å². The Morgan fingerprint density at radius 2 is 2.12 bits per heavy atom. The minimum atomic E-state index is -0.909. The normalized spacial score (nSPS) is 30.5. The van der Waals surface area contributed by atoms with Gasteiger partial charge >= 0.3 is 5.97 Å². The van der Waals surface area contributed by atoms with Gasteiger partial charge in [0.1, 0.15) is 0 Å². The standard InChI is InChI=1S/C21H25NO2/c1-22(13-16-4-2-15(3-5-16)7-9-20(23)24)14-21-11-17-6-8-19(21)18(10-17)12-21/h2-5,7-9,17-18H,6,10-14H2,1H3,(H,23,24)/b9-7+. The number of fused-ring (bicyclic) bond motifs is 1. The monoisotopic (exact) mass is 323 g/mol. The van der Waals surface area contributed by atoms with Crippen LogP contribution in [0.25, 0.3) is 6.08 Å². The largest absolute Gasteiger partial charge is 0.478 e. The molecule has 0 radical (unpaired) electrons. The van der Waals surface area contributed by atoms with E-state index in [9.17, 15) is 4.79 Å². The van der Waals surface area contributed by atoms with Gasteiger partial charge in [0.2, 0.25) is 0 Å². The van der Waals surface area contributed by atoms with E-state index < -0.39 is 5.97 Å². The van der Waals surface area contributed by atoms with E-state index in [0.29, 0.717) is 5.41 Å². The fraction of sp³-hybridized carbons (Fsp3) is 0.476. The molecule has 3 atom stereocenters. The molecule has 4 aliphatic carbocycles. The van der Waals surface area contributed by atoms with Crippen LogP contribution in [0.3, 0.4) is 0 Å². The van der Waals surface area contributed by atoms with Gasteiger partial charge in [0.25, 0.3) is 0 Å². The van der Waals surface area contributed by atoms with E-state index in [0.717, 1.165) is 23.9 Å². The molecule has 0 spiro atoms. The highest BCUT2D eigenvalue weighted by Crippen LogP contribution is 2.65. The quantitative estimate of drug-likeness (QED) is 0.636. The van der Waals surface area contributed by atoms with Crippen LogP contribution in [-0.4, -0.2) is 29.6 Å². The summed E-state index contributed by atoms with van der Waals surface area (Å²) in [7, 11) is 2.23. The van der Waals surface area contributed by atoms with Crippen molar-refractivity contribution in [2.24, 2.45) is 17.3 Å². The van der Waals surface area contributed by atoms with E-state index in [2.05, 4.69) is 30.2 Å². The maximum atomic E-state index is 10.6. The fourth-order valence-electron chi connectivity index (χ4n) is 5.31. The summed E-state index contributed by atoms with van der Waals surface area (Å²) in [6, 6.07) is 8.19. The molecule has 3 heteroatoms. The summed E-state index contributed by atoms with van der Waals surface area (Å²) >= 11 is 0. The molecule has 4 bridgehead atoms. The number of allylic oxidation sites excluding steroid dienone is 1. The Hall–Kier alpha value is -1.87. The highest BCUT2D eigenvalue weighted by Gasteiger charge is 2.56. The van der Waals surface area contributed by atoms with Crippen molar-refractivity contribution in [2.75, 3.05) is 13.6 Å². The van der Waals surface area contributed by atoms with Gasteiger partial charge in [-0.05, 0) is 61.8 Å². The number of rotatable bonds is 6. The molecule has 1 N–H and O–H groups in total. The Balaban J connectivity index is 1.37. The number of aliphatic carboxylic acids is 1. The summed E-state index contributed by atoms with van der Waals surface area (Å²) in [5, 5.41) is 8.68. The Morgan fingerprint density at radius 1 is 1.33 bits per heavy atom. The van der Waals surface area contributed by atoms with Crippen molar-refractivity contribution in [3.63, 3.8) is 0 Å². The zero-order chi connectivity index (χ0) is 16.7. The number of carbonyl (C=O) groups is 1. The Bertz CT molecular complexity index is 703. The van der Waals surface area contributed by atoms with E-state index in [1.165, 1.54) is 43.9 Å². The summed E-state index contributed by atoms with van der Waals surface area (Å²) in [6.45, 7) is 2.12. The van der Waals surface area contributed by atoms with Crippen LogP contribution in [0, 0.1) is 17.3 Å².